The molecular formula is C14H20N6O. The molecule has 0 aromatic carbocycles. The molecule has 3 heterocycles. The minimum atomic E-state index is -0.00804. The standard InChI is InChI=1S/C14H20N6O/c1-10(2)14-18-17-12-5-4-11(8-20(12)14)16-13(21)9-19-7-3-6-15-19/h3,6-7,10-11H,4-5,8-9H2,1-2H3,(H,16,21). The number of aromatic nitrogens is 5. The lowest BCUT2D eigenvalue weighted by molar-refractivity contribution is -0.122. The summed E-state index contributed by atoms with van der Waals surface area (Å²) in [5.74, 6) is 2.35. The Hall–Kier alpha value is -2.18. The molecule has 1 amide bonds. The van der Waals surface area contributed by atoms with Crippen LogP contribution >= 0.6 is 0 Å². The van der Waals surface area contributed by atoms with Gasteiger partial charge in [-0.3, -0.25) is 9.48 Å². The van der Waals surface area contributed by atoms with Crippen molar-refractivity contribution in [3.05, 3.63) is 30.1 Å². The molecule has 0 radical (unpaired) electrons. The number of rotatable bonds is 4. The molecule has 0 bridgehead atoms. The average Bonchev–Trinajstić information content (AvgIpc) is 3.06. The molecule has 112 valence electrons. The quantitative estimate of drug-likeness (QED) is 0.899. The van der Waals surface area contributed by atoms with Gasteiger partial charge < -0.3 is 9.88 Å². The monoisotopic (exact) mass is 288 g/mol. The van der Waals surface area contributed by atoms with Crippen LogP contribution in [-0.4, -0.2) is 36.5 Å². The zero-order valence-electron chi connectivity index (χ0n) is 12.4. The smallest absolute Gasteiger partial charge is 0.242 e. The maximum Gasteiger partial charge on any atom is 0.242 e. The summed E-state index contributed by atoms with van der Waals surface area (Å²) in [6, 6.07) is 1.95. The highest BCUT2D eigenvalue weighted by Gasteiger charge is 2.24. The van der Waals surface area contributed by atoms with Gasteiger partial charge in [-0.2, -0.15) is 5.10 Å². The second-order valence-corrected chi connectivity index (χ2v) is 5.75. The van der Waals surface area contributed by atoms with Gasteiger partial charge in [0.1, 0.15) is 18.2 Å². The van der Waals surface area contributed by atoms with Gasteiger partial charge in [0.25, 0.3) is 0 Å². The molecule has 1 aliphatic heterocycles. The molecule has 7 nitrogen and oxygen atoms in total. The third-order valence-electron chi connectivity index (χ3n) is 3.72. The number of hydrogen-bond acceptors (Lipinski definition) is 4. The fourth-order valence-corrected chi connectivity index (χ4v) is 2.71. The van der Waals surface area contributed by atoms with Crippen molar-refractivity contribution in [2.45, 2.75) is 51.7 Å². The van der Waals surface area contributed by atoms with Crippen LogP contribution in [0.4, 0.5) is 0 Å². The maximum absolute atomic E-state index is 12.0. The molecule has 0 aliphatic carbocycles. The SMILES string of the molecule is CC(C)c1nnc2n1CC(NC(=O)Cn1cccn1)CC2. The fraction of sp³-hybridized carbons (Fsp3) is 0.571. The van der Waals surface area contributed by atoms with Crippen molar-refractivity contribution in [3.8, 4) is 0 Å². The molecule has 0 saturated heterocycles. The normalized spacial score (nSPS) is 17.8. The molecule has 1 N–H and O–H groups in total. The lowest BCUT2D eigenvalue weighted by Gasteiger charge is -2.25. The first-order valence-electron chi connectivity index (χ1n) is 7.32. The van der Waals surface area contributed by atoms with E-state index in [1.807, 2.05) is 6.07 Å². The Morgan fingerprint density at radius 3 is 3.05 bits per heavy atom. The third kappa shape index (κ3) is 2.96. The molecule has 1 aliphatic rings. The van der Waals surface area contributed by atoms with Crippen LogP contribution in [0, 0.1) is 0 Å². The van der Waals surface area contributed by atoms with Gasteiger partial charge in [0.2, 0.25) is 5.91 Å². The van der Waals surface area contributed by atoms with E-state index in [-0.39, 0.29) is 18.5 Å². The summed E-state index contributed by atoms with van der Waals surface area (Å²) in [6.07, 6.45) is 5.22. The van der Waals surface area contributed by atoms with Crippen molar-refractivity contribution in [1.82, 2.24) is 29.9 Å². The Morgan fingerprint density at radius 2 is 2.33 bits per heavy atom. The Balaban J connectivity index is 1.63. The summed E-state index contributed by atoms with van der Waals surface area (Å²) < 4.78 is 3.77. The van der Waals surface area contributed by atoms with E-state index in [4.69, 9.17) is 0 Å². The zero-order chi connectivity index (χ0) is 14.8. The van der Waals surface area contributed by atoms with Crippen LogP contribution < -0.4 is 5.32 Å². The molecule has 0 saturated carbocycles. The van der Waals surface area contributed by atoms with E-state index in [0.717, 1.165) is 31.0 Å². The number of nitrogens with zero attached hydrogens (tertiary/aromatic N) is 5. The molecule has 1 unspecified atom stereocenters. The number of carbonyl (C=O) groups is 1. The van der Waals surface area contributed by atoms with E-state index in [2.05, 4.69) is 39.0 Å². The Bertz CT molecular complexity index is 615. The van der Waals surface area contributed by atoms with Gasteiger partial charge in [0.05, 0.1) is 0 Å². The molecule has 1 atom stereocenters. The van der Waals surface area contributed by atoms with Crippen molar-refractivity contribution in [2.24, 2.45) is 0 Å². The van der Waals surface area contributed by atoms with Gasteiger partial charge >= 0.3 is 0 Å². The predicted molar refractivity (Wildman–Crippen MR) is 76.6 cm³/mol. The highest BCUT2D eigenvalue weighted by Crippen LogP contribution is 2.19. The van der Waals surface area contributed by atoms with E-state index >= 15 is 0 Å². The van der Waals surface area contributed by atoms with E-state index in [1.165, 1.54) is 0 Å². The van der Waals surface area contributed by atoms with Gasteiger partial charge in [0.15, 0.2) is 0 Å². The van der Waals surface area contributed by atoms with E-state index in [1.54, 1.807) is 17.1 Å². The van der Waals surface area contributed by atoms with Crippen LogP contribution in [-0.2, 0) is 24.3 Å². The van der Waals surface area contributed by atoms with Gasteiger partial charge in [-0.05, 0) is 12.5 Å². The zero-order valence-corrected chi connectivity index (χ0v) is 12.4. The first-order chi connectivity index (χ1) is 10.1. The highest BCUT2D eigenvalue weighted by atomic mass is 16.2. The lowest BCUT2D eigenvalue weighted by Crippen LogP contribution is -2.42. The second-order valence-electron chi connectivity index (χ2n) is 5.75. The van der Waals surface area contributed by atoms with Crippen molar-refractivity contribution in [1.29, 1.82) is 0 Å². The van der Waals surface area contributed by atoms with Crippen LogP contribution in [0.1, 0.15) is 37.8 Å². The summed E-state index contributed by atoms with van der Waals surface area (Å²) in [6.45, 7) is 5.23. The maximum atomic E-state index is 12.0. The lowest BCUT2D eigenvalue weighted by atomic mass is 10.1. The van der Waals surface area contributed by atoms with Crippen molar-refractivity contribution in [3.63, 3.8) is 0 Å². The molecule has 0 spiro atoms. The number of hydrogen-bond donors (Lipinski definition) is 1. The van der Waals surface area contributed by atoms with Crippen LogP contribution in [0.15, 0.2) is 18.5 Å². The largest absolute Gasteiger partial charge is 0.350 e. The van der Waals surface area contributed by atoms with E-state index in [9.17, 15) is 4.79 Å². The average molecular weight is 288 g/mol. The molecular weight excluding hydrogens is 268 g/mol. The minimum absolute atomic E-state index is 0.00804. The van der Waals surface area contributed by atoms with Crippen LogP contribution in [0.5, 0.6) is 0 Å². The predicted octanol–water partition coefficient (Wildman–Crippen LogP) is 0.729. The molecule has 2 aromatic heterocycles. The van der Waals surface area contributed by atoms with Crippen molar-refractivity contribution < 1.29 is 4.79 Å². The topological polar surface area (TPSA) is 77.6 Å². The molecule has 0 fully saturated rings. The minimum Gasteiger partial charge on any atom is -0.350 e. The van der Waals surface area contributed by atoms with Gasteiger partial charge in [0, 0.05) is 37.3 Å². The Labute approximate surface area is 123 Å². The van der Waals surface area contributed by atoms with Crippen molar-refractivity contribution in [2.75, 3.05) is 0 Å². The second kappa shape index (κ2) is 5.67. The van der Waals surface area contributed by atoms with Crippen LogP contribution in [0.2, 0.25) is 0 Å². The summed E-state index contributed by atoms with van der Waals surface area (Å²) in [7, 11) is 0. The van der Waals surface area contributed by atoms with Crippen LogP contribution in [0.25, 0.3) is 0 Å². The first-order valence-corrected chi connectivity index (χ1v) is 7.32. The van der Waals surface area contributed by atoms with E-state index in [0.29, 0.717) is 5.92 Å². The fourth-order valence-electron chi connectivity index (χ4n) is 2.71. The molecule has 2 aromatic rings. The van der Waals surface area contributed by atoms with Gasteiger partial charge in [-0.25, -0.2) is 0 Å². The summed E-state index contributed by atoms with van der Waals surface area (Å²) in [5.41, 5.74) is 0. The summed E-state index contributed by atoms with van der Waals surface area (Å²) in [4.78, 5) is 12.0. The molecule has 3 rings (SSSR count). The van der Waals surface area contributed by atoms with Crippen molar-refractivity contribution >= 4 is 5.91 Å². The van der Waals surface area contributed by atoms with Crippen LogP contribution in [0.3, 0.4) is 0 Å². The molecule has 21 heavy (non-hydrogen) atoms. The number of aryl methyl sites for hydroxylation is 1. The highest BCUT2D eigenvalue weighted by molar-refractivity contribution is 5.75. The molecule has 7 heteroatoms. The number of carbonyl (C=O) groups excluding carboxylic acids is 1. The number of fused-ring (bicyclic) bond motifs is 1. The van der Waals surface area contributed by atoms with Gasteiger partial charge in [-0.15, -0.1) is 10.2 Å². The summed E-state index contributed by atoms with van der Waals surface area (Å²) >= 11 is 0. The number of amides is 1. The number of nitrogens with one attached hydrogen (secondary N) is 1. The first kappa shape index (κ1) is 13.8. The van der Waals surface area contributed by atoms with E-state index < -0.39 is 0 Å². The Morgan fingerprint density at radius 1 is 1.48 bits per heavy atom. The summed E-state index contributed by atoms with van der Waals surface area (Å²) in [5, 5.41) is 15.6. The third-order valence-corrected chi connectivity index (χ3v) is 3.72. The van der Waals surface area contributed by atoms with Gasteiger partial charge in [-0.1, -0.05) is 13.8 Å². The Kier molecular flexibility index (Phi) is 3.72.